The standard InChI is InChI=1S/C35H37NO7/c1-40-29-17-28(18-30(21-29)41-2)35(39)36(16-8-11-24-9-6-5-7-10-24)23-25-12-14-26(15-13-25)31-22-33(43-4)32(42-3)19-27(31)20-34(37)38/h5-7,9-10,12-15,17-19,21-22H,8,11,16,20,23H2,1-4H3,(H,37,38). The molecule has 8 heteroatoms. The second-order valence-electron chi connectivity index (χ2n) is 10.0. The van der Waals surface area contributed by atoms with E-state index in [-0.39, 0.29) is 12.3 Å². The summed E-state index contributed by atoms with van der Waals surface area (Å²) < 4.78 is 21.7. The number of hydrogen-bond donors (Lipinski definition) is 1. The monoisotopic (exact) mass is 583 g/mol. The number of aryl methyl sites for hydroxylation is 1. The minimum atomic E-state index is -0.941. The smallest absolute Gasteiger partial charge is 0.307 e. The van der Waals surface area contributed by atoms with Crippen molar-refractivity contribution in [1.82, 2.24) is 4.90 Å². The Hall–Kier alpha value is -4.98. The van der Waals surface area contributed by atoms with Crippen LogP contribution in [0, 0.1) is 0 Å². The number of amides is 1. The summed E-state index contributed by atoms with van der Waals surface area (Å²) in [5, 5.41) is 9.50. The first-order chi connectivity index (χ1) is 20.8. The first kappa shape index (κ1) is 31.0. The van der Waals surface area contributed by atoms with Crippen molar-refractivity contribution in [3.05, 3.63) is 107 Å². The van der Waals surface area contributed by atoms with Crippen LogP contribution < -0.4 is 18.9 Å². The van der Waals surface area contributed by atoms with Gasteiger partial charge in [0.2, 0.25) is 0 Å². The molecule has 0 aliphatic heterocycles. The van der Waals surface area contributed by atoms with Gasteiger partial charge in [0.1, 0.15) is 11.5 Å². The van der Waals surface area contributed by atoms with Gasteiger partial charge in [-0.25, -0.2) is 0 Å². The second-order valence-corrected chi connectivity index (χ2v) is 10.0. The quantitative estimate of drug-likeness (QED) is 0.186. The molecule has 43 heavy (non-hydrogen) atoms. The molecule has 224 valence electrons. The van der Waals surface area contributed by atoms with Crippen LogP contribution in [0.5, 0.6) is 23.0 Å². The van der Waals surface area contributed by atoms with Gasteiger partial charge < -0.3 is 29.0 Å². The molecule has 0 spiro atoms. The molecule has 1 amide bonds. The number of benzene rings is 4. The van der Waals surface area contributed by atoms with Gasteiger partial charge in [0.25, 0.3) is 5.91 Å². The highest BCUT2D eigenvalue weighted by Crippen LogP contribution is 2.36. The van der Waals surface area contributed by atoms with E-state index in [1.165, 1.54) is 12.7 Å². The van der Waals surface area contributed by atoms with Crippen LogP contribution in [0.1, 0.15) is 33.5 Å². The molecule has 0 heterocycles. The largest absolute Gasteiger partial charge is 0.497 e. The van der Waals surface area contributed by atoms with Crippen LogP contribution in [-0.2, 0) is 24.2 Å². The van der Waals surface area contributed by atoms with Gasteiger partial charge in [-0.1, -0.05) is 54.6 Å². The number of carbonyl (C=O) groups is 2. The summed E-state index contributed by atoms with van der Waals surface area (Å²) in [6.45, 7) is 0.939. The van der Waals surface area contributed by atoms with E-state index in [0.717, 1.165) is 29.5 Å². The zero-order chi connectivity index (χ0) is 30.8. The number of carboxylic acid groups (broad SMARTS) is 1. The van der Waals surface area contributed by atoms with Crippen LogP contribution in [0.2, 0.25) is 0 Å². The molecular formula is C35H37NO7. The van der Waals surface area contributed by atoms with E-state index in [1.54, 1.807) is 51.7 Å². The molecule has 0 saturated heterocycles. The highest BCUT2D eigenvalue weighted by Gasteiger charge is 2.19. The molecular weight excluding hydrogens is 546 g/mol. The van der Waals surface area contributed by atoms with Crippen molar-refractivity contribution in [1.29, 1.82) is 0 Å². The normalized spacial score (nSPS) is 10.6. The average Bonchev–Trinajstić information content (AvgIpc) is 3.04. The SMILES string of the molecule is COc1cc(OC)cc(C(=O)N(CCCc2ccccc2)Cc2ccc(-c3cc(OC)c(OC)cc3CC(=O)O)cc2)c1. The summed E-state index contributed by atoms with van der Waals surface area (Å²) in [4.78, 5) is 27.3. The topological polar surface area (TPSA) is 94.5 Å². The minimum Gasteiger partial charge on any atom is -0.497 e. The number of methoxy groups -OCH3 is 4. The summed E-state index contributed by atoms with van der Waals surface area (Å²) in [5.41, 5.74) is 4.83. The van der Waals surface area contributed by atoms with Gasteiger partial charge >= 0.3 is 5.97 Å². The highest BCUT2D eigenvalue weighted by molar-refractivity contribution is 5.95. The predicted octanol–water partition coefficient (Wildman–Crippen LogP) is 6.29. The number of hydrogen-bond acceptors (Lipinski definition) is 6. The number of carbonyl (C=O) groups excluding carboxylic acids is 1. The van der Waals surface area contributed by atoms with Gasteiger partial charge in [0, 0.05) is 24.7 Å². The molecule has 0 aliphatic carbocycles. The predicted molar refractivity (Wildman–Crippen MR) is 165 cm³/mol. The third-order valence-electron chi connectivity index (χ3n) is 7.21. The molecule has 0 aliphatic rings. The molecule has 0 fully saturated rings. The molecule has 1 N–H and O–H groups in total. The molecule has 4 aromatic carbocycles. The van der Waals surface area contributed by atoms with Crippen LogP contribution >= 0.6 is 0 Å². The number of nitrogens with zero attached hydrogens (tertiary/aromatic N) is 1. The van der Waals surface area contributed by atoms with E-state index in [4.69, 9.17) is 18.9 Å². The van der Waals surface area contributed by atoms with Crippen molar-refractivity contribution in [3.8, 4) is 34.1 Å². The maximum Gasteiger partial charge on any atom is 0.307 e. The maximum atomic E-state index is 13.8. The summed E-state index contributed by atoms with van der Waals surface area (Å²) in [6.07, 6.45) is 1.47. The molecule has 0 aromatic heterocycles. The highest BCUT2D eigenvalue weighted by atomic mass is 16.5. The van der Waals surface area contributed by atoms with E-state index in [2.05, 4.69) is 12.1 Å². The Labute approximate surface area is 252 Å². The van der Waals surface area contributed by atoms with Crippen LogP contribution in [-0.4, -0.2) is 56.9 Å². The number of carboxylic acids is 1. The van der Waals surface area contributed by atoms with Crippen molar-refractivity contribution >= 4 is 11.9 Å². The molecule has 4 aromatic rings. The fourth-order valence-corrected chi connectivity index (χ4v) is 4.99. The Morgan fingerprint density at radius 1 is 0.721 bits per heavy atom. The Morgan fingerprint density at radius 2 is 1.35 bits per heavy atom. The molecule has 0 saturated carbocycles. The third kappa shape index (κ3) is 8.07. The lowest BCUT2D eigenvalue weighted by Crippen LogP contribution is -2.32. The molecule has 0 unspecified atom stereocenters. The van der Waals surface area contributed by atoms with Gasteiger partial charge in [0.05, 0.1) is 34.9 Å². The van der Waals surface area contributed by atoms with E-state index >= 15 is 0 Å². The van der Waals surface area contributed by atoms with Crippen LogP contribution in [0.4, 0.5) is 0 Å². The summed E-state index contributed by atoms with van der Waals surface area (Å²) in [5.74, 6) is 1.01. The summed E-state index contributed by atoms with van der Waals surface area (Å²) >= 11 is 0. The molecule has 0 radical (unpaired) electrons. The lowest BCUT2D eigenvalue weighted by Gasteiger charge is -2.24. The van der Waals surface area contributed by atoms with Crippen molar-refractivity contribution in [3.63, 3.8) is 0 Å². The third-order valence-corrected chi connectivity index (χ3v) is 7.21. The van der Waals surface area contributed by atoms with Gasteiger partial charge in [-0.2, -0.15) is 0 Å². The number of rotatable bonds is 14. The van der Waals surface area contributed by atoms with E-state index < -0.39 is 5.97 Å². The fraction of sp³-hybridized carbons (Fsp3) is 0.257. The molecule has 0 atom stereocenters. The van der Waals surface area contributed by atoms with Gasteiger partial charge in [0.15, 0.2) is 11.5 Å². The minimum absolute atomic E-state index is 0.127. The van der Waals surface area contributed by atoms with Gasteiger partial charge in [-0.15, -0.1) is 0 Å². The van der Waals surface area contributed by atoms with Gasteiger partial charge in [-0.05, 0) is 64.9 Å². The zero-order valence-electron chi connectivity index (χ0n) is 25.0. The van der Waals surface area contributed by atoms with E-state index in [1.807, 2.05) is 47.4 Å². The van der Waals surface area contributed by atoms with Crippen molar-refractivity contribution in [2.75, 3.05) is 35.0 Å². The Morgan fingerprint density at radius 3 is 1.93 bits per heavy atom. The maximum absolute atomic E-state index is 13.8. The zero-order valence-corrected chi connectivity index (χ0v) is 25.0. The van der Waals surface area contributed by atoms with Crippen LogP contribution in [0.3, 0.4) is 0 Å². The lowest BCUT2D eigenvalue weighted by atomic mass is 9.96. The second kappa shape index (κ2) is 14.8. The van der Waals surface area contributed by atoms with Crippen molar-refractivity contribution < 1.29 is 33.6 Å². The first-order valence-corrected chi connectivity index (χ1v) is 14.0. The molecule has 8 nitrogen and oxygen atoms in total. The number of ether oxygens (including phenoxy) is 4. The van der Waals surface area contributed by atoms with E-state index in [9.17, 15) is 14.7 Å². The summed E-state index contributed by atoms with van der Waals surface area (Å²) in [7, 11) is 6.18. The fourth-order valence-electron chi connectivity index (χ4n) is 4.99. The average molecular weight is 584 g/mol. The van der Waals surface area contributed by atoms with E-state index in [0.29, 0.717) is 47.2 Å². The number of aliphatic carboxylic acids is 1. The van der Waals surface area contributed by atoms with Crippen LogP contribution in [0.15, 0.2) is 84.9 Å². The van der Waals surface area contributed by atoms with Crippen molar-refractivity contribution in [2.45, 2.75) is 25.8 Å². The molecule has 4 rings (SSSR count). The Balaban J connectivity index is 1.61. The molecule has 0 bridgehead atoms. The van der Waals surface area contributed by atoms with Crippen molar-refractivity contribution in [2.24, 2.45) is 0 Å². The Bertz CT molecular complexity index is 1510. The van der Waals surface area contributed by atoms with Gasteiger partial charge in [-0.3, -0.25) is 9.59 Å². The lowest BCUT2D eigenvalue weighted by molar-refractivity contribution is -0.136. The summed E-state index contributed by atoms with van der Waals surface area (Å²) in [6, 6.07) is 26.7. The van der Waals surface area contributed by atoms with Crippen LogP contribution in [0.25, 0.3) is 11.1 Å². The Kier molecular flexibility index (Phi) is 10.6. The first-order valence-electron chi connectivity index (χ1n) is 14.0.